The third-order valence-corrected chi connectivity index (χ3v) is 13.7. The van der Waals surface area contributed by atoms with Gasteiger partial charge in [0.2, 0.25) is 0 Å². The van der Waals surface area contributed by atoms with E-state index >= 15 is 0 Å². The van der Waals surface area contributed by atoms with Gasteiger partial charge in [-0.3, -0.25) is 0 Å². The first-order valence-corrected chi connectivity index (χ1v) is 24.9. The Kier molecular flexibility index (Phi) is 11.5. The van der Waals surface area contributed by atoms with Crippen LogP contribution in [0.25, 0.3) is 112 Å². The Hall–Kier alpha value is -9.97. The Labute approximate surface area is 430 Å². The summed E-state index contributed by atoms with van der Waals surface area (Å²) < 4.78 is 6.84. The van der Waals surface area contributed by atoms with E-state index in [1.54, 1.807) is 0 Å². The Morgan fingerprint density at radius 1 is 0.270 bits per heavy atom. The monoisotopic (exact) mass is 946 g/mol. The number of fused-ring (bicyclic) bond motifs is 3. The maximum atomic E-state index is 6.84. The highest BCUT2D eigenvalue weighted by atomic mass is 16.3. The molecule has 0 aliphatic heterocycles. The molecule has 2 heterocycles. The standard InChI is InChI=1S/C69H46N4O/c1-7-22-47(23-8-1)50-38-40-53(41-39-50)67-70-68(56-43-54(48-24-9-2-10-25-48)42-55(44-56)49-26-11-3-12-27-49)72-69(71-67)57-45-61(51-28-13-4-14-29-51)65(62(46-57)52-30-15-5-16-31-52)73(58-32-17-6-18-33-58)63-36-21-35-60-59-34-19-20-37-64(59)74-66(60)63/h1-46H. The van der Waals surface area contributed by atoms with Crippen molar-refractivity contribution in [3.8, 4) is 89.8 Å². The van der Waals surface area contributed by atoms with E-state index in [-0.39, 0.29) is 0 Å². The normalized spacial score (nSPS) is 11.2. The maximum Gasteiger partial charge on any atom is 0.164 e. The van der Waals surface area contributed by atoms with E-state index in [0.717, 1.165) is 111 Å². The van der Waals surface area contributed by atoms with E-state index in [1.165, 1.54) is 0 Å². The van der Waals surface area contributed by atoms with Crippen molar-refractivity contribution in [3.63, 3.8) is 0 Å². The molecule has 0 N–H and O–H groups in total. The summed E-state index contributed by atoms with van der Waals surface area (Å²) in [4.78, 5) is 18.7. The van der Waals surface area contributed by atoms with Crippen molar-refractivity contribution in [2.24, 2.45) is 0 Å². The topological polar surface area (TPSA) is 55.1 Å². The van der Waals surface area contributed by atoms with Crippen LogP contribution in [0.15, 0.2) is 283 Å². The first-order chi connectivity index (χ1) is 36.7. The number of furan rings is 1. The Morgan fingerprint density at radius 3 is 1.18 bits per heavy atom. The molecule has 5 nitrogen and oxygen atoms in total. The number of hydrogen-bond donors (Lipinski definition) is 0. The highest BCUT2D eigenvalue weighted by molar-refractivity contribution is 6.12. The van der Waals surface area contributed by atoms with Gasteiger partial charge in [0.25, 0.3) is 0 Å². The average molecular weight is 947 g/mol. The van der Waals surface area contributed by atoms with Crippen LogP contribution in [0.4, 0.5) is 17.1 Å². The zero-order valence-corrected chi connectivity index (χ0v) is 40.3. The van der Waals surface area contributed by atoms with Gasteiger partial charge in [0.05, 0.1) is 11.4 Å². The quantitative estimate of drug-likeness (QED) is 0.129. The summed E-state index contributed by atoms with van der Waals surface area (Å²) in [6, 6.07) is 97.7. The predicted octanol–water partition coefficient (Wildman–Crippen LogP) is 18.6. The lowest BCUT2D eigenvalue weighted by Crippen LogP contribution is -2.13. The highest BCUT2D eigenvalue weighted by Crippen LogP contribution is 2.51. The molecule has 5 heteroatoms. The fourth-order valence-electron chi connectivity index (χ4n) is 10.1. The summed E-state index contributed by atoms with van der Waals surface area (Å²) in [6.07, 6.45) is 0. The number of rotatable bonds is 11. The number of para-hydroxylation sites is 3. The number of aromatic nitrogens is 3. The van der Waals surface area contributed by atoms with Crippen molar-refractivity contribution < 1.29 is 4.42 Å². The molecule has 0 saturated heterocycles. The molecule has 74 heavy (non-hydrogen) atoms. The smallest absolute Gasteiger partial charge is 0.164 e. The molecule has 0 aliphatic carbocycles. The van der Waals surface area contributed by atoms with Crippen LogP contribution < -0.4 is 4.90 Å². The van der Waals surface area contributed by atoms with Crippen molar-refractivity contribution in [1.29, 1.82) is 0 Å². The molecule has 0 unspecified atom stereocenters. The molecule has 0 atom stereocenters. The first kappa shape index (κ1) is 44.0. The van der Waals surface area contributed by atoms with E-state index in [1.807, 2.05) is 18.2 Å². The van der Waals surface area contributed by atoms with Gasteiger partial charge in [0.1, 0.15) is 5.58 Å². The number of hydrogen-bond acceptors (Lipinski definition) is 5. The molecule has 13 rings (SSSR count). The lowest BCUT2D eigenvalue weighted by molar-refractivity contribution is 0.669. The molecule has 0 aliphatic rings. The third kappa shape index (κ3) is 8.48. The molecule has 13 aromatic rings. The summed E-state index contributed by atoms with van der Waals surface area (Å²) in [5, 5.41) is 2.12. The first-order valence-electron chi connectivity index (χ1n) is 24.9. The molecule has 2 aromatic heterocycles. The minimum atomic E-state index is 0.551. The SMILES string of the molecule is c1ccc(-c2ccc(-c3nc(-c4cc(-c5ccccc5)cc(-c5ccccc5)c4)nc(-c4cc(-c5ccccc5)c(N(c5ccccc5)c5cccc6c5oc5ccccc56)c(-c5ccccc5)c4)n3)cc2)cc1. The van der Waals surface area contributed by atoms with Crippen molar-refractivity contribution >= 4 is 39.0 Å². The fourth-order valence-corrected chi connectivity index (χ4v) is 10.1. The minimum absolute atomic E-state index is 0.551. The van der Waals surface area contributed by atoms with Gasteiger partial charge >= 0.3 is 0 Å². The van der Waals surface area contributed by atoms with Crippen molar-refractivity contribution in [3.05, 3.63) is 279 Å². The molecule has 348 valence electrons. The van der Waals surface area contributed by atoms with Crippen molar-refractivity contribution in [2.75, 3.05) is 4.90 Å². The maximum absolute atomic E-state index is 6.84. The van der Waals surface area contributed by atoms with Crippen LogP contribution in [-0.4, -0.2) is 15.0 Å². The van der Waals surface area contributed by atoms with Crippen LogP contribution in [-0.2, 0) is 0 Å². The molecular formula is C69H46N4O. The third-order valence-electron chi connectivity index (χ3n) is 13.7. The van der Waals surface area contributed by atoms with E-state index in [4.69, 9.17) is 19.4 Å². The molecular weight excluding hydrogens is 901 g/mol. The van der Waals surface area contributed by atoms with Gasteiger partial charge in [-0.2, -0.15) is 0 Å². The summed E-state index contributed by atoms with van der Waals surface area (Å²) in [5.74, 6) is 1.70. The number of anilines is 3. The summed E-state index contributed by atoms with van der Waals surface area (Å²) in [6.45, 7) is 0. The highest BCUT2D eigenvalue weighted by Gasteiger charge is 2.27. The zero-order chi connectivity index (χ0) is 49.2. The molecule has 0 fully saturated rings. The Balaban J connectivity index is 1.09. The zero-order valence-electron chi connectivity index (χ0n) is 40.3. The van der Waals surface area contributed by atoms with Crippen molar-refractivity contribution in [1.82, 2.24) is 15.0 Å². The Morgan fingerprint density at radius 2 is 0.649 bits per heavy atom. The van der Waals surface area contributed by atoms with Gasteiger partial charge in [-0.15, -0.1) is 0 Å². The molecule has 0 saturated carbocycles. The van der Waals surface area contributed by atoms with Crippen LogP contribution in [0.1, 0.15) is 0 Å². The lowest BCUT2D eigenvalue weighted by atomic mass is 9.91. The largest absolute Gasteiger partial charge is 0.454 e. The Bertz CT molecular complexity index is 3970. The molecule has 0 amide bonds. The molecule has 0 spiro atoms. The van der Waals surface area contributed by atoms with Gasteiger partial charge in [-0.05, 0) is 99.1 Å². The second-order valence-corrected chi connectivity index (χ2v) is 18.4. The van der Waals surface area contributed by atoms with Crippen LogP contribution in [0.2, 0.25) is 0 Å². The summed E-state index contributed by atoms with van der Waals surface area (Å²) >= 11 is 0. The summed E-state index contributed by atoms with van der Waals surface area (Å²) in [5.41, 5.74) is 17.8. The fraction of sp³-hybridized carbons (Fsp3) is 0. The van der Waals surface area contributed by atoms with Crippen molar-refractivity contribution in [2.45, 2.75) is 0 Å². The number of nitrogens with zero attached hydrogens (tertiary/aromatic N) is 4. The molecule has 0 radical (unpaired) electrons. The van der Waals surface area contributed by atoms with Crippen LogP contribution in [0.5, 0.6) is 0 Å². The van der Waals surface area contributed by atoms with Crippen LogP contribution in [0.3, 0.4) is 0 Å². The van der Waals surface area contributed by atoms with Gasteiger partial charge in [0, 0.05) is 44.3 Å². The minimum Gasteiger partial charge on any atom is -0.454 e. The van der Waals surface area contributed by atoms with Gasteiger partial charge in [0.15, 0.2) is 23.1 Å². The van der Waals surface area contributed by atoms with Crippen LogP contribution in [0, 0.1) is 0 Å². The number of benzene rings is 11. The van der Waals surface area contributed by atoms with E-state index in [0.29, 0.717) is 17.5 Å². The second kappa shape index (κ2) is 19.3. The predicted molar refractivity (Wildman–Crippen MR) is 305 cm³/mol. The average Bonchev–Trinajstić information content (AvgIpc) is 3.88. The second-order valence-electron chi connectivity index (χ2n) is 18.4. The van der Waals surface area contributed by atoms with Gasteiger partial charge in [-0.25, -0.2) is 15.0 Å². The molecule has 0 bridgehead atoms. The van der Waals surface area contributed by atoms with Gasteiger partial charge in [-0.1, -0.05) is 224 Å². The van der Waals surface area contributed by atoms with E-state index in [2.05, 4.69) is 266 Å². The molecule has 11 aromatic carbocycles. The summed E-state index contributed by atoms with van der Waals surface area (Å²) in [7, 11) is 0. The van der Waals surface area contributed by atoms with Gasteiger partial charge < -0.3 is 9.32 Å². The van der Waals surface area contributed by atoms with Crippen LogP contribution >= 0.6 is 0 Å². The lowest BCUT2D eigenvalue weighted by Gasteiger charge is -2.31. The van der Waals surface area contributed by atoms with E-state index in [9.17, 15) is 0 Å². The van der Waals surface area contributed by atoms with E-state index < -0.39 is 0 Å².